The van der Waals surface area contributed by atoms with E-state index in [4.69, 9.17) is 16.3 Å². The molecular formula is C32H27ClN2O4. The molecule has 196 valence electrons. The summed E-state index contributed by atoms with van der Waals surface area (Å²) in [5.41, 5.74) is 4.31. The molecule has 0 saturated carbocycles. The van der Waals surface area contributed by atoms with Gasteiger partial charge < -0.3 is 15.2 Å². The lowest BCUT2D eigenvalue weighted by atomic mass is 9.94. The quantitative estimate of drug-likeness (QED) is 0.145. The molecule has 1 unspecified atom stereocenters. The molecule has 1 amide bonds. The number of carbonyl (C=O) groups is 2. The van der Waals surface area contributed by atoms with Crippen molar-refractivity contribution in [1.82, 2.24) is 0 Å². The molecule has 6 nitrogen and oxygen atoms in total. The summed E-state index contributed by atoms with van der Waals surface area (Å²) in [5.74, 6) is -1.39. The lowest BCUT2D eigenvalue weighted by Gasteiger charge is -2.26. The van der Waals surface area contributed by atoms with E-state index < -0.39 is 17.7 Å². The number of aliphatic hydroxyl groups excluding tert-OH is 1. The Balaban J connectivity index is 1.60. The Bertz CT molecular complexity index is 1570. The molecule has 4 aromatic rings. The van der Waals surface area contributed by atoms with Crippen LogP contribution in [0.4, 0.5) is 17.1 Å². The molecule has 0 aromatic heterocycles. The molecule has 7 heteroatoms. The number of hydrogen-bond donors (Lipinski definition) is 2. The van der Waals surface area contributed by atoms with Crippen LogP contribution in [0.15, 0.2) is 103 Å². The Morgan fingerprint density at radius 3 is 2.33 bits per heavy atom. The summed E-state index contributed by atoms with van der Waals surface area (Å²) in [6.07, 6.45) is 0. The van der Waals surface area contributed by atoms with Crippen molar-refractivity contribution in [3.63, 3.8) is 0 Å². The topological polar surface area (TPSA) is 78.9 Å². The molecule has 2 N–H and O–H groups in total. The van der Waals surface area contributed by atoms with E-state index in [1.54, 1.807) is 30.3 Å². The predicted molar refractivity (Wildman–Crippen MR) is 155 cm³/mol. The van der Waals surface area contributed by atoms with Crippen molar-refractivity contribution in [2.75, 3.05) is 16.8 Å². The summed E-state index contributed by atoms with van der Waals surface area (Å²) in [6, 6.07) is 28.5. The van der Waals surface area contributed by atoms with Gasteiger partial charge in [-0.3, -0.25) is 14.5 Å². The van der Waals surface area contributed by atoms with Gasteiger partial charge in [0.25, 0.3) is 11.7 Å². The Labute approximate surface area is 232 Å². The molecule has 5 rings (SSSR count). The molecule has 0 spiro atoms. The van der Waals surface area contributed by atoms with Crippen molar-refractivity contribution < 1.29 is 19.4 Å². The van der Waals surface area contributed by atoms with Gasteiger partial charge in [-0.1, -0.05) is 59.6 Å². The molecule has 1 fully saturated rings. The number of aliphatic hydroxyl groups is 1. The summed E-state index contributed by atoms with van der Waals surface area (Å²) in [6.45, 7) is 4.15. The maximum Gasteiger partial charge on any atom is 0.300 e. The van der Waals surface area contributed by atoms with E-state index in [0.717, 1.165) is 16.9 Å². The van der Waals surface area contributed by atoms with Crippen LogP contribution >= 0.6 is 11.6 Å². The minimum Gasteiger partial charge on any atom is -0.507 e. The fraction of sp³-hybridized carbons (Fsp3) is 0.125. The first-order valence-corrected chi connectivity index (χ1v) is 13.0. The number of anilines is 3. The average molecular weight is 539 g/mol. The first-order valence-electron chi connectivity index (χ1n) is 12.6. The van der Waals surface area contributed by atoms with Gasteiger partial charge in [0.1, 0.15) is 11.5 Å². The molecule has 0 bridgehead atoms. The average Bonchev–Trinajstić information content (AvgIpc) is 3.21. The number of hydrogen-bond acceptors (Lipinski definition) is 5. The summed E-state index contributed by atoms with van der Waals surface area (Å²) < 4.78 is 5.58. The third kappa shape index (κ3) is 5.24. The van der Waals surface area contributed by atoms with Gasteiger partial charge in [0.2, 0.25) is 0 Å². The van der Waals surface area contributed by atoms with Crippen molar-refractivity contribution in [1.29, 1.82) is 0 Å². The molecule has 0 radical (unpaired) electrons. The van der Waals surface area contributed by atoms with E-state index >= 15 is 0 Å². The van der Waals surface area contributed by atoms with Crippen LogP contribution in [0.25, 0.3) is 5.76 Å². The van der Waals surface area contributed by atoms with Crippen LogP contribution in [-0.2, 0) is 9.59 Å². The highest BCUT2D eigenvalue weighted by molar-refractivity contribution is 6.51. The second-order valence-electron chi connectivity index (χ2n) is 9.20. The van der Waals surface area contributed by atoms with Crippen LogP contribution in [0.3, 0.4) is 0 Å². The third-order valence-electron chi connectivity index (χ3n) is 6.51. The number of halogens is 1. The van der Waals surface area contributed by atoms with Gasteiger partial charge in [0.15, 0.2) is 0 Å². The summed E-state index contributed by atoms with van der Waals surface area (Å²) in [7, 11) is 0. The highest BCUT2D eigenvalue weighted by atomic mass is 35.5. The van der Waals surface area contributed by atoms with Crippen molar-refractivity contribution in [2.24, 2.45) is 0 Å². The van der Waals surface area contributed by atoms with Gasteiger partial charge in [-0.15, -0.1) is 0 Å². The number of ether oxygens (including phenoxy) is 1. The van der Waals surface area contributed by atoms with Crippen molar-refractivity contribution in [3.8, 4) is 5.75 Å². The number of carbonyl (C=O) groups excluding carboxylic acids is 2. The van der Waals surface area contributed by atoms with E-state index in [9.17, 15) is 14.7 Å². The number of nitrogens with one attached hydrogen (secondary N) is 1. The van der Waals surface area contributed by atoms with E-state index in [1.807, 2.05) is 80.6 Å². The number of nitrogens with zero attached hydrogens (tertiary/aromatic N) is 1. The highest BCUT2D eigenvalue weighted by Crippen LogP contribution is 2.43. The molecule has 1 heterocycles. The van der Waals surface area contributed by atoms with Crippen LogP contribution in [0, 0.1) is 6.92 Å². The minimum atomic E-state index is -0.830. The van der Waals surface area contributed by atoms with Gasteiger partial charge in [0, 0.05) is 22.6 Å². The lowest BCUT2D eigenvalue weighted by molar-refractivity contribution is -0.132. The SMILES string of the molecule is CCOc1cc(/C(O)=C2/C(=O)C(=O)N(c3ccc(Nc4ccccc4)cc3)C2c2cccc(C)c2)ccc1Cl. The van der Waals surface area contributed by atoms with Crippen LogP contribution in [-0.4, -0.2) is 23.4 Å². The van der Waals surface area contributed by atoms with Gasteiger partial charge >= 0.3 is 0 Å². The van der Waals surface area contributed by atoms with E-state index in [-0.39, 0.29) is 11.3 Å². The standard InChI is InChI=1S/C32H27ClN2O4/c1-3-39-27-19-22(12-17-26(27)33)30(36)28-29(21-9-7-8-20(2)18-21)35(32(38)31(28)37)25-15-13-24(14-16-25)34-23-10-5-4-6-11-23/h4-19,29,34,36H,3H2,1-2H3/b30-28-. The van der Waals surface area contributed by atoms with Crippen LogP contribution < -0.4 is 15.0 Å². The van der Waals surface area contributed by atoms with Crippen LogP contribution in [0.2, 0.25) is 5.02 Å². The Hall–Kier alpha value is -4.55. The van der Waals surface area contributed by atoms with Crippen LogP contribution in [0.1, 0.15) is 29.7 Å². The Morgan fingerprint density at radius 1 is 0.923 bits per heavy atom. The zero-order chi connectivity index (χ0) is 27.5. The van der Waals surface area contributed by atoms with Gasteiger partial charge in [-0.05, 0) is 74.0 Å². The molecule has 0 aliphatic carbocycles. The number of para-hydroxylation sites is 1. The van der Waals surface area contributed by atoms with Crippen molar-refractivity contribution >= 4 is 46.1 Å². The fourth-order valence-electron chi connectivity index (χ4n) is 4.72. The Morgan fingerprint density at radius 2 is 1.64 bits per heavy atom. The number of benzene rings is 4. The first-order chi connectivity index (χ1) is 18.9. The third-order valence-corrected chi connectivity index (χ3v) is 6.83. The summed E-state index contributed by atoms with van der Waals surface area (Å²) >= 11 is 6.24. The van der Waals surface area contributed by atoms with E-state index in [2.05, 4.69) is 5.32 Å². The zero-order valence-corrected chi connectivity index (χ0v) is 22.3. The van der Waals surface area contributed by atoms with Gasteiger partial charge in [-0.2, -0.15) is 0 Å². The lowest BCUT2D eigenvalue weighted by Crippen LogP contribution is -2.29. The molecule has 1 aliphatic heterocycles. The summed E-state index contributed by atoms with van der Waals surface area (Å²) in [5, 5.41) is 15.1. The molecule has 1 atom stereocenters. The second kappa shape index (κ2) is 11.1. The number of amides is 1. The monoisotopic (exact) mass is 538 g/mol. The number of rotatable bonds is 7. The Kier molecular flexibility index (Phi) is 7.39. The molecule has 1 saturated heterocycles. The number of ketones is 1. The van der Waals surface area contributed by atoms with E-state index in [1.165, 1.54) is 4.90 Å². The molecule has 1 aliphatic rings. The molecule has 39 heavy (non-hydrogen) atoms. The maximum atomic E-state index is 13.5. The molecular weight excluding hydrogens is 512 g/mol. The van der Waals surface area contributed by atoms with Crippen molar-refractivity contribution in [3.05, 3.63) is 124 Å². The normalized spacial score (nSPS) is 16.4. The van der Waals surface area contributed by atoms with E-state index in [0.29, 0.717) is 34.2 Å². The zero-order valence-electron chi connectivity index (χ0n) is 21.5. The minimum absolute atomic E-state index is 0.00172. The maximum absolute atomic E-state index is 13.5. The van der Waals surface area contributed by atoms with Gasteiger partial charge in [0.05, 0.1) is 23.2 Å². The molecule has 4 aromatic carbocycles. The van der Waals surface area contributed by atoms with Crippen molar-refractivity contribution in [2.45, 2.75) is 19.9 Å². The number of aryl methyl sites for hydroxylation is 1. The first kappa shape index (κ1) is 26.1. The van der Waals surface area contributed by atoms with Gasteiger partial charge in [-0.25, -0.2) is 0 Å². The fourth-order valence-corrected chi connectivity index (χ4v) is 4.89. The highest BCUT2D eigenvalue weighted by Gasteiger charge is 2.47. The summed E-state index contributed by atoms with van der Waals surface area (Å²) in [4.78, 5) is 28.4. The van der Waals surface area contributed by atoms with Crippen LogP contribution in [0.5, 0.6) is 5.75 Å². The second-order valence-corrected chi connectivity index (χ2v) is 9.61. The largest absolute Gasteiger partial charge is 0.507 e. The predicted octanol–water partition coefficient (Wildman–Crippen LogP) is 7.42. The smallest absolute Gasteiger partial charge is 0.300 e. The number of Topliss-reactive ketones (excluding diaryl/α,β-unsaturated/α-hetero) is 1.